The Morgan fingerprint density at radius 1 is 1.18 bits per heavy atom. The summed E-state index contributed by atoms with van der Waals surface area (Å²) in [5.74, 6) is 5.22. The molecule has 0 bridgehead atoms. The van der Waals surface area contributed by atoms with E-state index < -0.39 is 29.4 Å². The number of hydrazine groups is 1. The number of carbonyl (C=O) groups excluding carboxylic acids is 1. The first kappa shape index (κ1) is 24.6. The number of halogens is 2. The van der Waals surface area contributed by atoms with Crippen molar-refractivity contribution in [3.05, 3.63) is 69.5 Å². The average Bonchev–Trinajstić information content (AvgIpc) is 3.30. The lowest BCUT2D eigenvalue weighted by Crippen LogP contribution is -2.50. The Labute approximate surface area is 241 Å². The number of methoxy groups -OCH3 is 1. The fraction of sp³-hybridized carbons (Fsp3) is 0.296. The van der Waals surface area contributed by atoms with Crippen LogP contribution in [0.3, 0.4) is 0 Å². The molecule has 1 saturated heterocycles. The minimum absolute atomic E-state index is 0.0859. The van der Waals surface area contributed by atoms with Gasteiger partial charge in [-0.15, -0.1) is 0 Å². The highest BCUT2D eigenvalue weighted by Gasteiger charge is 2.28. The molecule has 0 radical (unpaired) electrons. The lowest BCUT2D eigenvalue weighted by Gasteiger charge is -2.26. The molecule has 39 heavy (non-hydrogen) atoms. The summed E-state index contributed by atoms with van der Waals surface area (Å²) >= 11 is 12.7. The van der Waals surface area contributed by atoms with Crippen molar-refractivity contribution < 1.29 is 22.1 Å². The fourth-order valence-corrected chi connectivity index (χ4v) is 5.66. The van der Waals surface area contributed by atoms with Crippen molar-refractivity contribution in [2.24, 2.45) is 0 Å². The topological polar surface area (TPSA) is 117 Å². The third-order valence-corrected chi connectivity index (χ3v) is 8.05. The largest absolute Gasteiger partial charge is 0.378 e. The van der Waals surface area contributed by atoms with E-state index in [0.29, 0.717) is 34.7 Å². The first-order valence-electron chi connectivity index (χ1n) is 13.3. The van der Waals surface area contributed by atoms with Gasteiger partial charge in [-0.25, -0.2) is 18.4 Å². The Kier molecular flexibility index (Phi) is 7.99. The number of benzene rings is 2. The van der Waals surface area contributed by atoms with Crippen LogP contribution >= 0.6 is 23.2 Å². The third kappa shape index (κ3) is 6.99. The first-order valence-corrected chi connectivity index (χ1v) is 14.4. The van der Waals surface area contributed by atoms with Crippen LogP contribution in [0.15, 0.2) is 42.5 Å². The number of nitrogens with zero attached hydrogens (tertiary/aromatic N) is 4. The Morgan fingerprint density at radius 2 is 1.92 bits per heavy atom. The average molecular weight is 590 g/mol. The van der Waals surface area contributed by atoms with Gasteiger partial charge in [-0.3, -0.25) is 14.8 Å². The van der Waals surface area contributed by atoms with Crippen LogP contribution in [0.2, 0.25) is 10.0 Å². The SMILES string of the molecule is [2H]C([2H])([2H])OCc1c(C(=O)NN2CCS(=O)(=O)CC2)nc(-c2ccc(Cl)cc2Cl)n1-c1ccc(C#CCCC#N)cc1. The number of hydrogen-bond donors (Lipinski definition) is 1. The highest BCUT2D eigenvalue weighted by molar-refractivity contribution is 7.91. The predicted molar refractivity (Wildman–Crippen MR) is 149 cm³/mol. The molecule has 202 valence electrons. The van der Waals surface area contributed by atoms with E-state index in [-0.39, 0.29) is 46.8 Å². The predicted octanol–water partition coefficient (Wildman–Crippen LogP) is 4.02. The number of unbranched alkanes of at least 4 members (excludes halogenated alkanes) is 1. The van der Waals surface area contributed by atoms with Crippen molar-refractivity contribution in [1.29, 1.82) is 5.26 Å². The number of nitriles is 1. The molecule has 0 saturated carbocycles. The number of carbonyl (C=O) groups is 1. The Morgan fingerprint density at radius 3 is 2.59 bits per heavy atom. The molecule has 2 aromatic carbocycles. The van der Waals surface area contributed by atoms with Gasteiger partial charge in [0.05, 0.1) is 39.0 Å². The molecule has 1 fully saturated rings. The Hall–Kier alpha value is -3.38. The molecule has 2 heterocycles. The van der Waals surface area contributed by atoms with Gasteiger partial charge >= 0.3 is 0 Å². The second-order valence-electron chi connectivity index (χ2n) is 8.57. The summed E-state index contributed by atoms with van der Waals surface area (Å²) in [4.78, 5) is 18.1. The van der Waals surface area contributed by atoms with Crippen molar-refractivity contribution in [3.63, 3.8) is 0 Å². The van der Waals surface area contributed by atoms with Gasteiger partial charge in [0.25, 0.3) is 5.91 Å². The van der Waals surface area contributed by atoms with Crippen LogP contribution in [-0.2, 0) is 21.2 Å². The molecule has 1 N–H and O–H groups in total. The maximum Gasteiger partial charge on any atom is 0.286 e. The van der Waals surface area contributed by atoms with Crippen LogP contribution in [0.1, 0.15) is 38.7 Å². The van der Waals surface area contributed by atoms with Gasteiger partial charge in [-0.1, -0.05) is 35.0 Å². The standard InChI is InChI=1S/C27H25Cl2N5O4S/c1-38-18-24-25(27(35)32-33-13-15-39(36,37)16-14-33)31-26(22-11-8-20(28)17-23(22)29)34(24)21-9-6-19(7-10-21)5-3-2-4-12-30/h6-11,17H,2,4,13-16,18H2,1H3,(H,32,35)/i1D3. The lowest BCUT2D eigenvalue weighted by atomic mass is 10.1. The van der Waals surface area contributed by atoms with Crippen LogP contribution in [0.5, 0.6) is 0 Å². The van der Waals surface area contributed by atoms with E-state index in [4.69, 9.17) is 37.3 Å². The van der Waals surface area contributed by atoms with Gasteiger partial charge in [-0.05, 0) is 42.5 Å². The highest BCUT2D eigenvalue weighted by atomic mass is 35.5. The molecule has 1 aromatic heterocycles. The Bertz CT molecular complexity index is 1680. The van der Waals surface area contributed by atoms with Gasteiger partial charge in [0, 0.05) is 54.8 Å². The number of rotatable bonds is 7. The number of amides is 1. The highest BCUT2D eigenvalue weighted by Crippen LogP contribution is 2.34. The van der Waals surface area contributed by atoms with Crippen LogP contribution in [-0.4, -0.2) is 60.5 Å². The molecular formula is C27H25Cl2N5O4S. The van der Waals surface area contributed by atoms with E-state index in [9.17, 15) is 13.2 Å². The second kappa shape index (κ2) is 12.6. The van der Waals surface area contributed by atoms with E-state index >= 15 is 0 Å². The summed E-state index contributed by atoms with van der Waals surface area (Å²) in [7, 11) is -5.96. The maximum atomic E-state index is 13.5. The first-order chi connectivity index (χ1) is 19.9. The lowest BCUT2D eigenvalue weighted by molar-refractivity contribution is 0.0792. The van der Waals surface area contributed by atoms with Crippen molar-refractivity contribution in [3.8, 4) is 35.0 Å². The van der Waals surface area contributed by atoms with Crippen molar-refractivity contribution in [2.45, 2.75) is 19.4 Å². The molecular weight excluding hydrogens is 561 g/mol. The molecule has 1 aliphatic heterocycles. The summed E-state index contributed by atoms with van der Waals surface area (Å²) in [5.41, 5.74) is 4.29. The number of hydrogen-bond acceptors (Lipinski definition) is 7. The molecule has 0 unspecified atom stereocenters. The number of imidazole rings is 1. The zero-order chi connectivity index (χ0) is 30.5. The summed E-state index contributed by atoms with van der Waals surface area (Å²) in [6, 6.07) is 13.7. The summed E-state index contributed by atoms with van der Waals surface area (Å²) in [5, 5.41) is 10.8. The molecule has 0 atom stereocenters. The zero-order valence-corrected chi connectivity index (χ0v) is 22.9. The summed E-state index contributed by atoms with van der Waals surface area (Å²) in [6.07, 6.45) is 0.743. The number of sulfone groups is 1. The van der Waals surface area contributed by atoms with Crippen LogP contribution < -0.4 is 5.43 Å². The maximum absolute atomic E-state index is 13.5. The van der Waals surface area contributed by atoms with Crippen molar-refractivity contribution >= 4 is 38.9 Å². The minimum Gasteiger partial charge on any atom is -0.378 e. The van der Waals surface area contributed by atoms with E-state index in [0.717, 1.165) is 0 Å². The van der Waals surface area contributed by atoms with Gasteiger partial charge in [0.2, 0.25) is 0 Å². The van der Waals surface area contributed by atoms with Crippen LogP contribution in [0.4, 0.5) is 0 Å². The minimum atomic E-state index is -3.19. The fourth-order valence-electron chi connectivity index (χ4n) is 3.96. The Balaban J connectivity index is 1.83. The molecule has 0 spiro atoms. The molecule has 1 amide bonds. The third-order valence-electron chi connectivity index (χ3n) is 5.89. The normalized spacial score (nSPS) is 16.2. The molecule has 9 nitrogen and oxygen atoms in total. The molecule has 0 aliphatic carbocycles. The number of ether oxygens (including phenoxy) is 1. The van der Waals surface area contributed by atoms with Gasteiger partial charge in [0.15, 0.2) is 15.5 Å². The van der Waals surface area contributed by atoms with Crippen molar-refractivity contribution in [1.82, 2.24) is 20.0 Å². The van der Waals surface area contributed by atoms with E-state index in [1.54, 1.807) is 41.0 Å². The van der Waals surface area contributed by atoms with E-state index in [1.165, 1.54) is 11.1 Å². The van der Waals surface area contributed by atoms with Gasteiger partial charge in [0.1, 0.15) is 5.82 Å². The quantitative estimate of drug-likeness (QED) is 0.327. The molecule has 12 heteroatoms. The monoisotopic (exact) mass is 588 g/mol. The summed E-state index contributed by atoms with van der Waals surface area (Å²) in [6.45, 7) is -0.340. The van der Waals surface area contributed by atoms with Gasteiger partial charge < -0.3 is 4.74 Å². The summed E-state index contributed by atoms with van der Waals surface area (Å²) < 4.78 is 53.1. The molecule has 4 rings (SSSR count). The van der Waals surface area contributed by atoms with E-state index in [2.05, 4.69) is 22.3 Å². The number of nitrogens with one attached hydrogen (secondary N) is 1. The zero-order valence-electron chi connectivity index (χ0n) is 23.6. The second-order valence-corrected chi connectivity index (χ2v) is 11.7. The molecule has 1 aliphatic rings. The van der Waals surface area contributed by atoms with Crippen LogP contribution in [0.25, 0.3) is 17.1 Å². The van der Waals surface area contributed by atoms with E-state index in [1.807, 2.05) is 6.07 Å². The van der Waals surface area contributed by atoms with Gasteiger partial charge in [-0.2, -0.15) is 5.26 Å². The molecule has 3 aromatic rings. The number of aromatic nitrogens is 2. The van der Waals surface area contributed by atoms with Crippen molar-refractivity contribution in [2.75, 3.05) is 31.6 Å². The van der Waals surface area contributed by atoms with Crippen LogP contribution in [0, 0.1) is 23.2 Å². The smallest absolute Gasteiger partial charge is 0.286 e.